The number of methoxy groups -OCH3 is 1. The fourth-order valence-electron chi connectivity index (χ4n) is 2.90. The Labute approximate surface area is 145 Å². The molecule has 4 rings (SSSR count). The third-order valence-electron chi connectivity index (χ3n) is 4.08. The van der Waals surface area contributed by atoms with Crippen molar-refractivity contribution in [3.8, 4) is 0 Å². The number of morpholine rings is 1. The van der Waals surface area contributed by atoms with Gasteiger partial charge in [-0.3, -0.25) is 0 Å². The highest BCUT2D eigenvalue weighted by Gasteiger charge is 2.23. The Morgan fingerprint density at radius 2 is 2.20 bits per heavy atom. The number of ether oxygens (including phenoxy) is 2. The Morgan fingerprint density at radius 1 is 1.32 bits per heavy atom. The molecule has 8 nitrogen and oxygen atoms in total. The third-order valence-corrected chi connectivity index (χ3v) is 4.08. The van der Waals surface area contributed by atoms with Crippen LogP contribution >= 0.6 is 0 Å². The molecule has 1 aliphatic heterocycles. The van der Waals surface area contributed by atoms with Gasteiger partial charge in [-0.1, -0.05) is 18.2 Å². The minimum atomic E-state index is 0.0164. The highest BCUT2D eigenvalue weighted by atomic mass is 16.5. The summed E-state index contributed by atoms with van der Waals surface area (Å²) < 4.78 is 10.9. The number of nitrogens with zero attached hydrogens (tertiary/aromatic N) is 4. The predicted octanol–water partition coefficient (Wildman–Crippen LogP) is 1.95. The molecule has 1 atom stereocenters. The minimum absolute atomic E-state index is 0.0164. The van der Waals surface area contributed by atoms with E-state index < -0.39 is 0 Å². The van der Waals surface area contributed by atoms with Crippen molar-refractivity contribution in [2.24, 2.45) is 0 Å². The highest BCUT2D eigenvalue weighted by molar-refractivity contribution is 5.86. The van der Waals surface area contributed by atoms with Crippen molar-refractivity contribution in [3.63, 3.8) is 0 Å². The van der Waals surface area contributed by atoms with Gasteiger partial charge in [-0.25, -0.2) is 4.98 Å². The topological polar surface area (TPSA) is 88.2 Å². The van der Waals surface area contributed by atoms with Gasteiger partial charge in [0.25, 0.3) is 0 Å². The van der Waals surface area contributed by atoms with E-state index in [1.54, 1.807) is 13.4 Å². The molecule has 1 aromatic carbocycles. The van der Waals surface area contributed by atoms with Crippen molar-refractivity contribution in [3.05, 3.63) is 36.7 Å². The van der Waals surface area contributed by atoms with Gasteiger partial charge in [0.2, 0.25) is 5.95 Å². The lowest BCUT2D eigenvalue weighted by Gasteiger charge is -2.32. The molecule has 130 valence electrons. The first-order valence-corrected chi connectivity index (χ1v) is 8.22. The van der Waals surface area contributed by atoms with E-state index in [0.717, 1.165) is 17.7 Å². The van der Waals surface area contributed by atoms with Gasteiger partial charge in [0, 0.05) is 25.9 Å². The van der Waals surface area contributed by atoms with E-state index in [1.165, 1.54) is 0 Å². The number of rotatable bonds is 5. The van der Waals surface area contributed by atoms with Gasteiger partial charge in [0.1, 0.15) is 5.52 Å². The molecule has 25 heavy (non-hydrogen) atoms. The summed E-state index contributed by atoms with van der Waals surface area (Å²) in [4.78, 5) is 18.8. The number of aromatic amines is 1. The first-order chi connectivity index (χ1) is 12.3. The molecular formula is C17H20N6O2. The van der Waals surface area contributed by atoms with Crippen LogP contribution in [0.1, 0.15) is 0 Å². The van der Waals surface area contributed by atoms with Crippen LogP contribution in [0.4, 0.5) is 17.5 Å². The van der Waals surface area contributed by atoms with Gasteiger partial charge in [-0.05, 0) is 12.1 Å². The summed E-state index contributed by atoms with van der Waals surface area (Å²) in [5.41, 5.74) is 2.38. The van der Waals surface area contributed by atoms with Crippen molar-refractivity contribution in [1.29, 1.82) is 0 Å². The van der Waals surface area contributed by atoms with Crippen LogP contribution in [0.5, 0.6) is 0 Å². The monoisotopic (exact) mass is 340 g/mol. The number of imidazole rings is 1. The zero-order chi connectivity index (χ0) is 17.1. The number of fused-ring (bicyclic) bond motifs is 1. The van der Waals surface area contributed by atoms with Crippen LogP contribution in [0.3, 0.4) is 0 Å². The average Bonchev–Trinajstić information content (AvgIpc) is 3.12. The normalized spacial score (nSPS) is 17.8. The standard InChI is InChI=1S/C17H20N6O2/c1-24-10-13-9-23(7-8-25-13)17-21-15-14(18-11-19-15)16(22-17)20-12-5-3-2-4-6-12/h2-6,11,13H,7-10H2,1H3,(H2,18,19,20,21,22)/t13-/m1/s1. The maximum Gasteiger partial charge on any atom is 0.229 e. The van der Waals surface area contributed by atoms with E-state index >= 15 is 0 Å². The van der Waals surface area contributed by atoms with Gasteiger partial charge < -0.3 is 24.7 Å². The Balaban J connectivity index is 1.65. The lowest BCUT2D eigenvalue weighted by Crippen LogP contribution is -2.45. The van der Waals surface area contributed by atoms with E-state index in [1.807, 2.05) is 30.3 Å². The van der Waals surface area contributed by atoms with E-state index in [2.05, 4.69) is 25.2 Å². The first kappa shape index (κ1) is 15.8. The van der Waals surface area contributed by atoms with Crippen LogP contribution in [-0.4, -0.2) is 59.5 Å². The van der Waals surface area contributed by atoms with Gasteiger partial charge in [0.05, 0.1) is 25.6 Å². The zero-order valence-electron chi connectivity index (χ0n) is 14.0. The van der Waals surface area contributed by atoms with Crippen molar-refractivity contribution >= 4 is 28.6 Å². The Morgan fingerprint density at radius 3 is 3.04 bits per heavy atom. The molecule has 2 N–H and O–H groups in total. The summed E-state index contributed by atoms with van der Waals surface area (Å²) in [6.07, 6.45) is 1.65. The molecule has 3 heterocycles. The van der Waals surface area contributed by atoms with Crippen LogP contribution in [0.2, 0.25) is 0 Å². The molecule has 2 aromatic heterocycles. The number of aromatic nitrogens is 4. The second-order valence-electron chi connectivity index (χ2n) is 5.86. The molecule has 0 saturated carbocycles. The lowest BCUT2D eigenvalue weighted by molar-refractivity contribution is -0.0104. The van der Waals surface area contributed by atoms with E-state index in [4.69, 9.17) is 14.5 Å². The summed E-state index contributed by atoms with van der Waals surface area (Å²) >= 11 is 0. The minimum Gasteiger partial charge on any atom is -0.382 e. The van der Waals surface area contributed by atoms with E-state index in [0.29, 0.717) is 37.2 Å². The molecule has 3 aromatic rings. The van der Waals surface area contributed by atoms with Crippen LogP contribution in [0.25, 0.3) is 11.2 Å². The Hall–Kier alpha value is -2.71. The third kappa shape index (κ3) is 3.40. The smallest absolute Gasteiger partial charge is 0.229 e. The molecule has 0 spiro atoms. The number of hydrogen-bond donors (Lipinski definition) is 2. The highest BCUT2D eigenvalue weighted by Crippen LogP contribution is 2.25. The Bertz CT molecular complexity index is 836. The molecular weight excluding hydrogens is 320 g/mol. The zero-order valence-corrected chi connectivity index (χ0v) is 14.0. The second kappa shape index (κ2) is 7.04. The summed E-state index contributed by atoms with van der Waals surface area (Å²) in [5.74, 6) is 1.35. The van der Waals surface area contributed by atoms with Crippen LogP contribution in [-0.2, 0) is 9.47 Å². The maximum atomic E-state index is 5.71. The number of benzene rings is 1. The fraction of sp³-hybridized carbons (Fsp3) is 0.353. The quantitative estimate of drug-likeness (QED) is 0.734. The van der Waals surface area contributed by atoms with Crippen molar-refractivity contribution in [2.75, 3.05) is 43.6 Å². The largest absolute Gasteiger partial charge is 0.382 e. The molecule has 1 saturated heterocycles. The predicted molar refractivity (Wildman–Crippen MR) is 95.2 cm³/mol. The van der Waals surface area contributed by atoms with Gasteiger partial charge in [0.15, 0.2) is 11.5 Å². The van der Waals surface area contributed by atoms with E-state index in [-0.39, 0.29) is 6.10 Å². The first-order valence-electron chi connectivity index (χ1n) is 8.22. The van der Waals surface area contributed by atoms with Crippen molar-refractivity contribution < 1.29 is 9.47 Å². The number of anilines is 3. The second-order valence-corrected chi connectivity index (χ2v) is 5.86. The summed E-state index contributed by atoms with van der Waals surface area (Å²) in [6, 6.07) is 9.92. The van der Waals surface area contributed by atoms with Gasteiger partial charge >= 0.3 is 0 Å². The van der Waals surface area contributed by atoms with Crippen LogP contribution in [0, 0.1) is 0 Å². The number of para-hydroxylation sites is 1. The molecule has 1 aliphatic rings. The molecule has 0 unspecified atom stereocenters. The molecule has 0 radical (unpaired) electrons. The van der Waals surface area contributed by atoms with E-state index in [9.17, 15) is 0 Å². The summed E-state index contributed by atoms with van der Waals surface area (Å²) in [6.45, 7) is 2.60. The number of H-pyrrole nitrogens is 1. The molecule has 0 amide bonds. The Kier molecular flexibility index (Phi) is 4.45. The molecule has 8 heteroatoms. The van der Waals surface area contributed by atoms with Crippen LogP contribution in [0.15, 0.2) is 36.7 Å². The molecule has 0 bridgehead atoms. The number of nitrogens with one attached hydrogen (secondary N) is 2. The molecule has 0 aliphatic carbocycles. The molecule has 1 fully saturated rings. The summed E-state index contributed by atoms with van der Waals surface area (Å²) in [7, 11) is 1.68. The average molecular weight is 340 g/mol. The lowest BCUT2D eigenvalue weighted by atomic mass is 10.3. The fourth-order valence-corrected chi connectivity index (χ4v) is 2.90. The maximum absolute atomic E-state index is 5.71. The van der Waals surface area contributed by atoms with Gasteiger partial charge in [-0.2, -0.15) is 9.97 Å². The van der Waals surface area contributed by atoms with Gasteiger partial charge in [-0.15, -0.1) is 0 Å². The van der Waals surface area contributed by atoms with Crippen molar-refractivity contribution in [2.45, 2.75) is 6.10 Å². The summed E-state index contributed by atoms with van der Waals surface area (Å²) in [5, 5.41) is 3.34. The number of hydrogen-bond acceptors (Lipinski definition) is 7. The van der Waals surface area contributed by atoms with Crippen LogP contribution < -0.4 is 10.2 Å². The van der Waals surface area contributed by atoms with Crippen molar-refractivity contribution in [1.82, 2.24) is 19.9 Å². The SMILES string of the molecule is COC[C@H]1CN(c2nc(Nc3ccccc3)c3[nH]cnc3n2)CCO1.